The van der Waals surface area contributed by atoms with Crippen molar-refractivity contribution in [2.75, 3.05) is 13.1 Å². The van der Waals surface area contributed by atoms with Crippen LogP contribution in [0.4, 0.5) is 4.79 Å². The summed E-state index contributed by atoms with van der Waals surface area (Å²) in [5, 5.41) is 9.65. The summed E-state index contributed by atoms with van der Waals surface area (Å²) in [6, 6.07) is 0. The summed E-state index contributed by atoms with van der Waals surface area (Å²) < 4.78 is 5.28. The zero-order chi connectivity index (χ0) is 12.6. The topological polar surface area (TPSA) is 49.8 Å². The smallest absolute Gasteiger partial charge is 0.410 e. The molecule has 0 aliphatic carbocycles. The fourth-order valence-electron chi connectivity index (χ4n) is 1.56. The highest BCUT2D eigenvalue weighted by atomic mass is 16.6. The molecule has 4 heteroatoms. The van der Waals surface area contributed by atoms with Crippen molar-refractivity contribution >= 4 is 6.09 Å². The third kappa shape index (κ3) is 3.15. The van der Waals surface area contributed by atoms with E-state index in [1.54, 1.807) is 11.0 Å². The summed E-state index contributed by atoms with van der Waals surface area (Å²) in [5.41, 5.74) is -0.875. The first kappa shape index (κ1) is 12.9. The Bertz CT molecular complexity index is 313. The lowest BCUT2D eigenvalue weighted by atomic mass is 9.87. The van der Waals surface area contributed by atoms with Crippen LogP contribution in [0.15, 0.2) is 11.8 Å². The summed E-state index contributed by atoms with van der Waals surface area (Å²) in [7, 11) is 0. The predicted molar refractivity (Wildman–Crippen MR) is 62.3 cm³/mol. The fraction of sp³-hybridized carbons (Fsp3) is 0.750. The Kier molecular flexibility index (Phi) is 3.22. The molecule has 0 saturated carbocycles. The summed E-state index contributed by atoms with van der Waals surface area (Å²) in [6.07, 6.45) is 1.33. The van der Waals surface area contributed by atoms with Crippen molar-refractivity contribution in [3.8, 4) is 0 Å². The van der Waals surface area contributed by atoms with Gasteiger partial charge in [0.1, 0.15) is 5.60 Å². The number of aliphatic hydroxyl groups excluding tert-OH is 1. The number of carbonyl (C=O) groups excluding carboxylic acids is 1. The minimum atomic E-state index is -0.482. The summed E-state index contributed by atoms with van der Waals surface area (Å²) >= 11 is 0. The number of amides is 1. The van der Waals surface area contributed by atoms with E-state index in [0.717, 1.165) is 0 Å². The molecule has 0 aromatic rings. The van der Waals surface area contributed by atoms with Crippen LogP contribution in [0.3, 0.4) is 0 Å². The average Bonchev–Trinajstić information content (AvgIpc) is 2.06. The molecule has 1 amide bonds. The highest BCUT2D eigenvalue weighted by Crippen LogP contribution is 2.29. The second kappa shape index (κ2) is 4.00. The first-order valence-corrected chi connectivity index (χ1v) is 5.49. The van der Waals surface area contributed by atoms with Crippen molar-refractivity contribution in [2.24, 2.45) is 5.41 Å². The molecule has 1 rings (SSSR count). The molecule has 1 N–H and O–H groups in total. The highest BCUT2D eigenvalue weighted by molar-refractivity contribution is 5.68. The van der Waals surface area contributed by atoms with Gasteiger partial charge in [-0.2, -0.15) is 0 Å². The molecule has 92 valence electrons. The SMILES string of the molecule is CC(C)(C)OC(=O)N1CC=C(O)C(C)(C)C1. The van der Waals surface area contributed by atoms with E-state index >= 15 is 0 Å². The Morgan fingerprint density at radius 2 is 2.06 bits per heavy atom. The molecule has 0 fully saturated rings. The van der Waals surface area contributed by atoms with Crippen LogP contribution >= 0.6 is 0 Å². The minimum Gasteiger partial charge on any atom is -0.512 e. The van der Waals surface area contributed by atoms with Crippen LogP contribution in [0.1, 0.15) is 34.6 Å². The van der Waals surface area contributed by atoms with Crippen molar-refractivity contribution in [3.05, 3.63) is 11.8 Å². The first-order chi connectivity index (χ1) is 7.12. The minimum absolute atomic E-state index is 0.329. The van der Waals surface area contributed by atoms with Gasteiger partial charge in [0.2, 0.25) is 0 Å². The Morgan fingerprint density at radius 3 is 2.50 bits per heavy atom. The molecule has 0 aromatic carbocycles. The van der Waals surface area contributed by atoms with Crippen LogP contribution in [-0.2, 0) is 4.74 Å². The van der Waals surface area contributed by atoms with Gasteiger partial charge in [-0.1, -0.05) is 13.8 Å². The van der Waals surface area contributed by atoms with Gasteiger partial charge < -0.3 is 14.7 Å². The second-order valence-electron chi connectivity index (χ2n) is 5.83. The van der Waals surface area contributed by atoms with E-state index in [1.807, 2.05) is 34.6 Å². The number of carbonyl (C=O) groups is 1. The van der Waals surface area contributed by atoms with Gasteiger partial charge in [-0.15, -0.1) is 0 Å². The Hall–Kier alpha value is -1.19. The monoisotopic (exact) mass is 227 g/mol. The molecule has 1 heterocycles. The molecule has 1 aliphatic heterocycles. The molecule has 16 heavy (non-hydrogen) atoms. The molecule has 4 nitrogen and oxygen atoms in total. The van der Waals surface area contributed by atoms with Crippen molar-refractivity contribution < 1.29 is 14.6 Å². The zero-order valence-corrected chi connectivity index (χ0v) is 10.7. The molecular weight excluding hydrogens is 206 g/mol. The number of nitrogens with zero attached hydrogens (tertiary/aromatic N) is 1. The van der Waals surface area contributed by atoms with Crippen molar-refractivity contribution in [3.63, 3.8) is 0 Å². The third-order valence-corrected chi connectivity index (χ3v) is 2.44. The predicted octanol–water partition coefficient (Wildman–Crippen LogP) is 2.71. The van der Waals surface area contributed by atoms with Gasteiger partial charge in [-0.05, 0) is 26.8 Å². The lowest BCUT2D eigenvalue weighted by molar-refractivity contribution is 0.0171. The molecule has 0 radical (unpaired) electrons. The van der Waals surface area contributed by atoms with Gasteiger partial charge >= 0.3 is 6.09 Å². The molecule has 0 atom stereocenters. The van der Waals surface area contributed by atoms with Gasteiger partial charge in [0, 0.05) is 18.5 Å². The van der Waals surface area contributed by atoms with Gasteiger partial charge in [0.25, 0.3) is 0 Å². The standard InChI is InChI=1S/C12H21NO3/c1-11(2,3)16-10(15)13-7-6-9(14)12(4,5)8-13/h6,14H,7-8H2,1-5H3. The maximum absolute atomic E-state index is 11.8. The molecule has 0 bridgehead atoms. The maximum atomic E-state index is 11.8. The van der Waals surface area contributed by atoms with Crippen molar-refractivity contribution in [1.29, 1.82) is 0 Å². The zero-order valence-electron chi connectivity index (χ0n) is 10.7. The van der Waals surface area contributed by atoms with E-state index in [4.69, 9.17) is 4.74 Å². The van der Waals surface area contributed by atoms with Crippen LogP contribution in [0.2, 0.25) is 0 Å². The summed E-state index contributed by atoms with van der Waals surface area (Å²) in [5.74, 6) is 0.340. The van der Waals surface area contributed by atoms with E-state index in [2.05, 4.69) is 0 Å². The number of aliphatic hydroxyl groups is 1. The molecule has 0 spiro atoms. The fourth-order valence-corrected chi connectivity index (χ4v) is 1.56. The van der Waals surface area contributed by atoms with Gasteiger partial charge in [-0.3, -0.25) is 0 Å². The number of rotatable bonds is 0. The molecule has 0 unspecified atom stereocenters. The summed E-state index contributed by atoms with van der Waals surface area (Å²) in [4.78, 5) is 13.4. The third-order valence-electron chi connectivity index (χ3n) is 2.44. The Balaban J connectivity index is 2.69. The van der Waals surface area contributed by atoms with Crippen LogP contribution in [0.25, 0.3) is 0 Å². The van der Waals surface area contributed by atoms with Crippen LogP contribution in [-0.4, -0.2) is 34.8 Å². The maximum Gasteiger partial charge on any atom is 0.410 e. The lowest BCUT2D eigenvalue weighted by Gasteiger charge is -2.36. The summed E-state index contributed by atoms with van der Waals surface area (Å²) in [6.45, 7) is 10.2. The van der Waals surface area contributed by atoms with Gasteiger partial charge in [0.05, 0.1) is 5.76 Å². The Labute approximate surface area is 96.9 Å². The largest absolute Gasteiger partial charge is 0.512 e. The van der Waals surface area contributed by atoms with Gasteiger partial charge in [0.15, 0.2) is 0 Å². The van der Waals surface area contributed by atoms with Crippen molar-refractivity contribution in [2.45, 2.75) is 40.2 Å². The average molecular weight is 227 g/mol. The quantitative estimate of drug-likeness (QED) is 0.692. The van der Waals surface area contributed by atoms with Crippen molar-refractivity contribution in [1.82, 2.24) is 4.90 Å². The number of hydrogen-bond donors (Lipinski definition) is 1. The normalized spacial score (nSPS) is 20.3. The number of hydrogen-bond acceptors (Lipinski definition) is 3. The lowest BCUT2D eigenvalue weighted by Crippen LogP contribution is -2.45. The van der Waals surface area contributed by atoms with E-state index in [0.29, 0.717) is 18.8 Å². The first-order valence-electron chi connectivity index (χ1n) is 5.49. The Morgan fingerprint density at radius 1 is 1.50 bits per heavy atom. The van der Waals surface area contributed by atoms with E-state index in [1.165, 1.54) is 0 Å². The second-order valence-corrected chi connectivity index (χ2v) is 5.83. The molecular formula is C12H21NO3. The van der Waals surface area contributed by atoms with Crippen LogP contribution in [0.5, 0.6) is 0 Å². The molecule has 0 aromatic heterocycles. The van der Waals surface area contributed by atoms with E-state index in [9.17, 15) is 9.90 Å². The molecule has 1 aliphatic rings. The van der Waals surface area contributed by atoms with E-state index < -0.39 is 11.0 Å². The van der Waals surface area contributed by atoms with Crippen LogP contribution in [0, 0.1) is 5.41 Å². The number of ether oxygens (including phenoxy) is 1. The van der Waals surface area contributed by atoms with E-state index in [-0.39, 0.29) is 6.09 Å². The van der Waals surface area contributed by atoms with Gasteiger partial charge in [-0.25, -0.2) is 4.79 Å². The molecule has 0 saturated heterocycles. The van der Waals surface area contributed by atoms with Crippen LogP contribution < -0.4 is 0 Å². The highest BCUT2D eigenvalue weighted by Gasteiger charge is 2.33.